The van der Waals surface area contributed by atoms with Crippen LogP contribution >= 0.6 is 11.8 Å². The Kier molecular flexibility index (Phi) is 6.58. The van der Waals surface area contributed by atoms with Crippen LogP contribution in [0.3, 0.4) is 0 Å². The summed E-state index contributed by atoms with van der Waals surface area (Å²) in [7, 11) is 0. The molecule has 1 aliphatic heterocycles. The van der Waals surface area contributed by atoms with Gasteiger partial charge in [0, 0.05) is 36.8 Å². The van der Waals surface area contributed by atoms with Crippen molar-refractivity contribution in [3.63, 3.8) is 0 Å². The molecule has 26 heavy (non-hydrogen) atoms. The van der Waals surface area contributed by atoms with E-state index in [1.807, 2.05) is 55.1 Å². The minimum absolute atomic E-state index is 0.0118. The Balaban J connectivity index is 1.59. The second kappa shape index (κ2) is 9.10. The highest BCUT2D eigenvalue weighted by Gasteiger charge is 2.14. The van der Waals surface area contributed by atoms with Gasteiger partial charge in [0.2, 0.25) is 0 Å². The number of ether oxygens (including phenoxy) is 1. The highest BCUT2D eigenvalue weighted by atomic mass is 32.2. The van der Waals surface area contributed by atoms with Crippen molar-refractivity contribution in [2.75, 3.05) is 36.5 Å². The van der Waals surface area contributed by atoms with Crippen LogP contribution in [0.4, 0.5) is 5.69 Å². The fraction of sp³-hybridized carbons (Fsp3) is 0.381. The summed E-state index contributed by atoms with van der Waals surface area (Å²) in [5, 5.41) is 2.99. The van der Waals surface area contributed by atoms with E-state index in [9.17, 15) is 4.79 Å². The Hall–Kier alpha value is -1.98. The first-order valence-corrected chi connectivity index (χ1v) is 10.2. The van der Waals surface area contributed by atoms with Crippen molar-refractivity contribution in [1.29, 1.82) is 0 Å². The molecule has 1 N–H and O–H groups in total. The molecule has 1 fully saturated rings. The zero-order valence-corrected chi connectivity index (χ0v) is 16.3. The number of rotatable bonds is 6. The number of carbonyl (C=O) groups is 1. The Morgan fingerprint density at radius 1 is 1.12 bits per heavy atom. The van der Waals surface area contributed by atoms with Gasteiger partial charge in [0.1, 0.15) is 5.75 Å². The van der Waals surface area contributed by atoms with Crippen molar-refractivity contribution < 1.29 is 9.53 Å². The maximum atomic E-state index is 12.3. The molecule has 0 bridgehead atoms. The fourth-order valence-electron chi connectivity index (χ4n) is 3.04. The first-order chi connectivity index (χ1) is 12.6. The lowest BCUT2D eigenvalue weighted by atomic mass is 10.1. The molecule has 1 saturated heterocycles. The van der Waals surface area contributed by atoms with Gasteiger partial charge >= 0.3 is 0 Å². The predicted molar refractivity (Wildman–Crippen MR) is 109 cm³/mol. The lowest BCUT2D eigenvalue weighted by molar-refractivity contribution is -0.118. The summed E-state index contributed by atoms with van der Waals surface area (Å²) in [4.78, 5) is 14.8. The largest absolute Gasteiger partial charge is 0.483 e. The van der Waals surface area contributed by atoms with Gasteiger partial charge in [-0.1, -0.05) is 30.3 Å². The van der Waals surface area contributed by atoms with E-state index in [1.165, 1.54) is 17.1 Å². The van der Waals surface area contributed by atoms with Crippen LogP contribution in [0.25, 0.3) is 0 Å². The number of nitrogens with one attached hydrogen (secondary N) is 1. The molecule has 0 radical (unpaired) electrons. The summed E-state index contributed by atoms with van der Waals surface area (Å²) in [5.41, 5.74) is 4.30. The Labute approximate surface area is 159 Å². The SMILES string of the molecule is Cc1ccccc1OCC(=O)Nc1cccc(CN2CCSCC2)c1C. The van der Waals surface area contributed by atoms with Crippen molar-refractivity contribution in [2.45, 2.75) is 20.4 Å². The van der Waals surface area contributed by atoms with Crippen LogP contribution in [0.2, 0.25) is 0 Å². The number of benzene rings is 2. The van der Waals surface area contributed by atoms with Crippen molar-refractivity contribution in [1.82, 2.24) is 4.90 Å². The highest BCUT2D eigenvalue weighted by molar-refractivity contribution is 7.99. The highest BCUT2D eigenvalue weighted by Crippen LogP contribution is 2.22. The summed E-state index contributed by atoms with van der Waals surface area (Å²) in [6.45, 7) is 7.26. The average Bonchev–Trinajstić information content (AvgIpc) is 2.65. The molecule has 1 heterocycles. The van der Waals surface area contributed by atoms with Crippen LogP contribution in [-0.4, -0.2) is 42.0 Å². The third-order valence-corrected chi connectivity index (χ3v) is 5.61. The first-order valence-electron chi connectivity index (χ1n) is 9.00. The third kappa shape index (κ3) is 5.02. The van der Waals surface area contributed by atoms with Crippen molar-refractivity contribution in [3.8, 4) is 5.75 Å². The molecule has 0 unspecified atom stereocenters. The van der Waals surface area contributed by atoms with Gasteiger partial charge in [0.25, 0.3) is 5.91 Å². The van der Waals surface area contributed by atoms with E-state index in [-0.39, 0.29) is 12.5 Å². The minimum Gasteiger partial charge on any atom is -0.483 e. The Morgan fingerprint density at radius 3 is 2.65 bits per heavy atom. The van der Waals surface area contributed by atoms with E-state index >= 15 is 0 Å². The molecule has 1 amide bonds. The first kappa shape index (κ1) is 18.8. The predicted octanol–water partition coefficient (Wildman–Crippen LogP) is 3.87. The molecule has 2 aromatic rings. The molecule has 1 aliphatic rings. The van der Waals surface area contributed by atoms with E-state index < -0.39 is 0 Å². The molecule has 0 aliphatic carbocycles. The van der Waals surface area contributed by atoms with Crippen LogP contribution in [0.15, 0.2) is 42.5 Å². The van der Waals surface area contributed by atoms with Crippen LogP contribution in [-0.2, 0) is 11.3 Å². The van der Waals surface area contributed by atoms with Gasteiger partial charge < -0.3 is 10.1 Å². The van der Waals surface area contributed by atoms with Gasteiger partial charge in [-0.05, 0) is 42.7 Å². The number of anilines is 1. The van der Waals surface area contributed by atoms with Gasteiger partial charge in [-0.3, -0.25) is 9.69 Å². The van der Waals surface area contributed by atoms with Gasteiger partial charge in [-0.25, -0.2) is 0 Å². The number of amides is 1. The minimum atomic E-state index is -0.136. The van der Waals surface area contributed by atoms with E-state index in [0.717, 1.165) is 42.2 Å². The molecule has 0 aromatic heterocycles. The zero-order valence-electron chi connectivity index (χ0n) is 15.5. The molecule has 0 spiro atoms. The lowest BCUT2D eigenvalue weighted by Crippen LogP contribution is -2.32. The molecule has 4 nitrogen and oxygen atoms in total. The van der Waals surface area contributed by atoms with Crippen LogP contribution < -0.4 is 10.1 Å². The standard InChI is InChI=1S/C21H26N2O2S/c1-16-6-3-4-9-20(16)25-15-21(24)22-19-8-5-7-18(17(19)2)14-23-10-12-26-13-11-23/h3-9H,10-15H2,1-2H3,(H,22,24). The van der Waals surface area contributed by atoms with Crippen molar-refractivity contribution in [3.05, 3.63) is 59.2 Å². The smallest absolute Gasteiger partial charge is 0.262 e. The molecule has 0 saturated carbocycles. The summed E-state index contributed by atoms with van der Waals surface area (Å²) in [5.74, 6) is 3.01. The second-order valence-corrected chi connectivity index (χ2v) is 7.81. The number of thioether (sulfide) groups is 1. The van der Waals surface area contributed by atoms with Crippen LogP contribution in [0, 0.1) is 13.8 Å². The normalized spacial score (nSPS) is 14.8. The summed E-state index contributed by atoms with van der Waals surface area (Å²) in [6, 6.07) is 13.8. The number of nitrogens with zero attached hydrogens (tertiary/aromatic N) is 1. The molecular weight excluding hydrogens is 344 g/mol. The van der Waals surface area contributed by atoms with Crippen molar-refractivity contribution >= 4 is 23.4 Å². The second-order valence-electron chi connectivity index (χ2n) is 6.58. The number of aryl methyl sites for hydroxylation is 1. The number of para-hydroxylation sites is 1. The van der Waals surface area contributed by atoms with E-state index in [2.05, 4.69) is 23.2 Å². The van der Waals surface area contributed by atoms with Gasteiger partial charge in [-0.15, -0.1) is 0 Å². The number of hydrogen-bond donors (Lipinski definition) is 1. The maximum Gasteiger partial charge on any atom is 0.262 e. The lowest BCUT2D eigenvalue weighted by Gasteiger charge is -2.27. The van der Waals surface area contributed by atoms with Gasteiger partial charge in [-0.2, -0.15) is 11.8 Å². The monoisotopic (exact) mass is 370 g/mol. The van der Waals surface area contributed by atoms with E-state index in [0.29, 0.717) is 0 Å². The maximum absolute atomic E-state index is 12.3. The Bertz CT molecular complexity index is 757. The molecule has 5 heteroatoms. The average molecular weight is 371 g/mol. The Morgan fingerprint density at radius 2 is 1.88 bits per heavy atom. The van der Waals surface area contributed by atoms with E-state index in [1.54, 1.807) is 0 Å². The number of hydrogen-bond acceptors (Lipinski definition) is 4. The van der Waals surface area contributed by atoms with Crippen LogP contribution in [0.1, 0.15) is 16.7 Å². The van der Waals surface area contributed by atoms with Gasteiger partial charge in [0.15, 0.2) is 6.61 Å². The fourth-order valence-corrected chi connectivity index (χ4v) is 4.02. The third-order valence-electron chi connectivity index (χ3n) is 4.67. The van der Waals surface area contributed by atoms with Gasteiger partial charge in [0.05, 0.1) is 0 Å². The molecule has 0 atom stereocenters. The molecule has 2 aromatic carbocycles. The zero-order chi connectivity index (χ0) is 18.4. The summed E-state index contributed by atoms with van der Waals surface area (Å²) >= 11 is 2.02. The molecular formula is C21H26N2O2S. The summed E-state index contributed by atoms with van der Waals surface area (Å²) in [6.07, 6.45) is 0. The van der Waals surface area contributed by atoms with Crippen LogP contribution in [0.5, 0.6) is 5.75 Å². The quantitative estimate of drug-likeness (QED) is 0.838. The number of carbonyl (C=O) groups excluding carboxylic acids is 1. The molecule has 3 rings (SSSR count). The van der Waals surface area contributed by atoms with E-state index in [4.69, 9.17) is 4.74 Å². The topological polar surface area (TPSA) is 41.6 Å². The van der Waals surface area contributed by atoms with Crippen molar-refractivity contribution in [2.24, 2.45) is 0 Å². The summed E-state index contributed by atoms with van der Waals surface area (Å²) < 4.78 is 5.64. The molecule has 138 valence electrons.